The van der Waals surface area contributed by atoms with Crippen molar-refractivity contribution in [1.29, 1.82) is 0 Å². The molecular formula is C21H26Cl2N4O9P+. The normalized spacial score (nSPS) is 29.8. The minimum Gasteiger partial charge on any atom is -0.468 e. The molecule has 1 aromatic rings. The molecule has 1 spiro atoms. The number of aliphatic hydroxyl groups excluding tert-OH is 1. The Bertz CT molecular complexity index is 1180. The van der Waals surface area contributed by atoms with Gasteiger partial charge in [0.1, 0.15) is 24.1 Å². The number of nitrogens with one attached hydrogen (secondary N) is 2. The number of esters is 1. The molecule has 6 atom stereocenters. The van der Waals surface area contributed by atoms with Gasteiger partial charge in [0.25, 0.3) is 5.91 Å². The number of aliphatic hydroxyl groups is 1. The zero-order chi connectivity index (χ0) is 27.6. The van der Waals surface area contributed by atoms with Crippen molar-refractivity contribution in [3.8, 4) is 5.75 Å². The van der Waals surface area contributed by atoms with Crippen molar-refractivity contribution in [3.05, 3.63) is 40.5 Å². The molecule has 1 fully saturated rings. The number of methoxy groups -OCH3 is 1. The van der Waals surface area contributed by atoms with E-state index in [1.54, 1.807) is 0 Å². The van der Waals surface area contributed by atoms with Crippen LogP contribution in [-0.2, 0) is 28.2 Å². The number of benzene rings is 1. The smallest absolute Gasteiger partial charge is 0.459 e. The topological polar surface area (TPSA) is 162 Å². The first-order valence-electron chi connectivity index (χ1n) is 10.8. The predicted molar refractivity (Wildman–Crippen MR) is 132 cm³/mol. The maximum atomic E-state index is 13.6. The zero-order valence-corrected chi connectivity index (χ0v) is 22.5. The van der Waals surface area contributed by atoms with Crippen LogP contribution in [0.25, 0.3) is 0 Å². The number of halogens is 2. The van der Waals surface area contributed by atoms with Crippen LogP contribution in [0.1, 0.15) is 13.8 Å². The van der Waals surface area contributed by atoms with Crippen LogP contribution in [0.2, 0.25) is 10.0 Å². The maximum Gasteiger partial charge on any atom is 0.459 e. The van der Waals surface area contributed by atoms with Gasteiger partial charge in [-0.05, 0) is 25.8 Å². The Morgan fingerprint density at radius 1 is 1.43 bits per heavy atom. The van der Waals surface area contributed by atoms with Gasteiger partial charge in [-0.2, -0.15) is 9.57 Å². The van der Waals surface area contributed by atoms with Gasteiger partial charge in [-0.15, -0.1) is 0 Å². The van der Waals surface area contributed by atoms with Crippen molar-refractivity contribution < 1.29 is 47.1 Å². The summed E-state index contributed by atoms with van der Waals surface area (Å²) in [7, 11) is -3.19. The van der Waals surface area contributed by atoms with Crippen molar-refractivity contribution in [2.24, 2.45) is 4.99 Å². The first-order chi connectivity index (χ1) is 17.3. The monoisotopic (exact) mass is 579 g/mol. The third-order valence-corrected chi connectivity index (χ3v) is 8.42. The molecular weight excluding hydrogens is 554 g/mol. The minimum absolute atomic E-state index is 0.00862. The highest BCUT2D eigenvalue weighted by Crippen LogP contribution is 2.47. The highest BCUT2D eigenvalue weighted by Gasteiger charge is 2.63. The second kappa shape index (κ2) is 11.2. The number of rotatable bonds is 9. The molecule has 0 aliphatic carbocycles. The number of amides is 3. The first-order valence-corrected chi connectivity index (χ1v) is 13.1. The van der Waals surface area contributed by atoms with Gasteiger partial charge >= 0.3 is 19.7 Å². The Morgan fingerprint density at radius 3 is 2.73 bits per heavy atom. The van der Waals surface area contributed by atoms with Gasteiger partial charge < -0.3 is 19.1 Å². The van der Waals surface area contributed by atoms with Crippen LogP contribution in [0.3, 0.4) is 0 Å². The summed E-state index contributed by atoms with van der Waals surface area (Å²) in [4.78, 5) is 40.3. The number of hydrogen-bond acceptors (Lipinski definition) is 10. The fourth-order valence-electron chi connectivity index (χ4n) is 3.75. The van der Waals surface area contributed by atoms with E-state index in [2.05, 4.69) is 26.9 Å². The molecule has 202 valence electrons. The highest BCUT2D eigenvalue weighted by molar-refractivity contribution is 7.52. The number of urea groups is 1. The van der Waals surface area contributed by atoms with Gasteiger partial charge in [-0.3, -0.25) is 14.1 Å². The van der Waals surface area contributed by atoms with Crippen molar-refractivity contribution in [2.75, 3.05) is 20.4 Å². The van der Waals surface area contributed by atoms with E-state index < -0.39 is 60.7 Å². The largest absolute Gasteiger partial charge is 0.468 e. The summed E-state index contributed by atoms with van der Waals surface area (Å²) in [5.41, 5.74) is -1.62. The van der Waals surface area contributed by atoms with Gasteiger partial charge in [0.05, 0.1) is 29.8 Å². The molecule has 0 radical (unpaired) electrons. The van der Waals surface area contributed by atoms with E-state index in [0.717, 1.165) is 13.2 Å². The molecule has 1 saturated heterocycles. The Balaban J connectivity index is 1.84. The summed E-state index contributed by atoms with van der Waals surface area (Å²) < 4.78 is 34.4. The van der Waals surface area contributed by atoms with Crippen LogP contribution < -0.4 is 14.9 Å². The quantitative estimate of drug-likeness (QED) is 0.171. The lowest BCUT2D eigenvalue weighted by Crippen LogP contribution is -2.76. The van der Waals surface area contributed by atoms with Crippen LogP contribution >= 0.6 is 30.9 Å². The predicted octanol–water partition coefficient (Wildman–Crippen LogP) is 2.36. The molecule has 16 heteroatoms. The fourth-order valence-corrected chi connectivity index (χ4v) is 5.53. The number of ether oxygens (including phenoxy) is 2. The van der Waals surface area contributed by atoms with Gasteiger partial charge in [-0.25, -0.2) is 19.7 Å². The number of carbonyl (C=O) groups is 3. The number of quaternary nitrogens is 1. The van der Waals surface area contributed by atoms with Gasteiger partial charge in [0.15, 0.2) is 12.8 Å². The summed E-state index contributed by atoms with van der Waals surface area (Å²) in [5, 5.41) is 16.1. The van der Waals surface area contributed by atoms with Gasteiger partial charge in [0, 0.05) is 13.0 Å². The molecule has 3 rings (SSSR count). The summed E-state index contributed by atoms with van der Waals surface area (Å²) >= 11 is 11.9. The molecule has 0 saturated carbocycles. The van der Waals surface area contributed by atoms with Crippen molar-refractivity contribution in [2.45, 2.75) is 37.8 Å². The summed E-state index contributed by atoms with van der Waals surface area (Å²) in [5.74, 6) is -1.37. The third-order valence-electron chi connectivity index (χ3n) is 6.04. The van der Waals surface area contributed by atoms with E-state index in [1.807, 2.05) is 0 Å². The van der Waals surface area contributed by atoms with E-state index in [0.29, 0.717) is 0 Å². The Kier molecular flexibility index (Phi) is 8.82. The fraction of sp³-hybridized carbons (Fsp3) is 0.429. The van der Waals surface area contributed by atoms with Crippen molar-refractivity contribution in [3.63, 3.8) is 0 Å². The number of hydrogen-bond donors (Lipinski definition) is 3. The Hall–Kier alpha value is -2.35. The Morgan fingerprint density at radius 2 is 2.14 bits per heavy atom. The molecule has 3 N–H and O–H groups in total. The van der Waals surface area contributed by atoms with Gasteiger partial charge in [0.2, 0.25) is 5.66 Å². The number of carbonyl (C=O) groups excluding carboxylic acids is 3. The molecule has 2 aliphatic rings. The Labute approximate surface area is 222 Å². The molecule has 2 unspecified atom stereocenters. The van der Waals surface area contributed by atoms with Crippen LogP contribution in [0.4, 0.5) is 4.79 Å². The molecule has 37 heavy (non-hydrogen) atoms. The van der Waals surface area contributed by atoms with Gasteiger partial charge in [-0.1, -0.05) is 23.2 Å². The molecule has 2 heterocycles. The van der Waals surface area contributed by atoms with Crippen molar-refractivity contribution in [1.82, 2.24) is 10.4 Å². The summed E-state index contributed by atoms with van der Waals surface area (Å²) in [6, 6.07) is 2.20. The van der Waals surface area contributed by atoms with Crippen LogP contribution in [-0.4, -0.2) is 78.6 Å². The lowest BCUT2D eigenvalue weighted by molar-refractivity contribution is -0.891. The maximum absolute atomic E-state index is 13.6. The molecule has 0 bridgehead atoms. The lowest BCUT2D eigenvalue weighted by Gasteiger charge is -2.51. The van der Waals surface area contributed by atoms with E-state index in [-0.39, 0.29) is 22.5 Å². The van der Waals surface area contributed by atoms with Crippen molar-refractivity contribution >= 4 is 55.6 Å². The first kappa shape index (κ1) is 29.2. The van der Waals surface area contributed by atoms with Crippen LogP contribution in [0.5, 0.6) is 5.75 Å². The van der Waals surface area contributed by atoms with Crippen LogP contribution in [0.15, 0.2) is 35.5 Å². The zero-order valence-electron chi connectivity index (χ0n) is 20.1. The standard InChI is InChI=1S/C21H25Cl2N4O9P/c1-12(19(30)33-4)26-37(32,36-13-5-6-14(22)15(23)9-13)35-10-16-18(29)21(2,24-3)27(11-34-16)8-7-17(28)25-20(27)31/h5-9,12,16,18,29H,3,10-11H2,1-2,4H3,(H-,25,26,28,31,32)/p+1/t12-,16+,18+,21-,27?,37?/m0/s1. The van der Waals surface area contributed by atoms with E-state index in [1.165, 1.54) is 38.2 Å². The average molecular weight is 580 g/mol. The highest BCUT2D eigenvalue weighted by atomic mass is 35.5. The summed E-state index contributed by atoms with van der Waals surface area (Å²) in [6.45, 7) is 5.44. The molecule has 3 amide bonds. The molecule has 1 aromatic carbocycles. The second-order valence-electron chi connectivity index (χ2n) is 8.34. The average Bonchev–Trinajstić information content (AvgIpc) is 2.85. The van der Waals surface area contributed by atoms with E-state index in [4.69, 9.17) is 37.0 Å². The SMILES string of the molecule is C=N[C@]1(C)[C@H](O)[C@@H](COP(=O)(N[C@@H](C)C(=O)OC)Oc2ccc(Cl)c(Cl)c2)OC[N+]12C=CC(=O)NC2=O. The van der Waals surface area contributed by atoms with E-state index in [9.17, 15) is 24.1 Å². The molecule has 2 aliphatic heterocycles. The molecule has 0 aromatic heterocycles. The number of nitrogens with zero attached hydrogens (tertiary/aromatic N) is 2. The molecule has 13 nitrogen and oxygen atoms in total. The lowest BCUT2D eigenvalue weighted by atomic mass is 9.94. The van der Waals surface area contributed by atoms with E-state index >= 15 is 0 Å². The third kappa shape index (κ3) is 5.74. The number of aliphatic imine (C=N–C) groups is 1. The second-order valence-corrected chi connectivity index (χ2v) is 10.9. The van der Waals surface area contributed by atoms with Crippen LogP contribution in [0, 0.1) is 0 Å². The minimum atomic E-state index is -4.34. The number of imide groups is 1. The summed E-state index contributed by atoms with van der Waals surface area (Å²) in [6.07, 6.45) is -0.332.